The Hall–Kier alpha value is -1.34. The largest absolute Gasteiger partial charge is 0.228 e. The molecule has 0 spiro atoms. The molecule has 1 aromatic carbocycles. The highest BCUT2D eigenvalue weighted by Gasteiger charge is 2.35. The van der Waals surface area contributed by atoms with Crippen LogP contribution in [0.1, 0.15) is 42.4 Å². The van der Waals surface area contributed by atoms with E-state index in [9.17, 15) is 8.42 Å². The van der Waals surface area contributed by atoms with E-state index < -0.39 is 15.1 Å². The van der Waals surface area contributed by atoms with Gasteiger partial charge in [0.15, 0.2) is 9.84 Å². The van der Waals surface area contributed by atoms with Gasteiger partial charge in [-0.25, -0.2) is 8.42 Å². The van der Waals surface area contributed by atoms with Gasteiger partial charge >= 0.3 is 0 Å². The molecule has 1 saturated carbocycles. The molecule has 0 saturated heterocycles. The number of rotatable bonds is 3. The van der Waals surface area contributed by atoms with Gasteiger partial charge in [0, 0.05) is 0 Å². The van der Waals surface area contributed by atoms with Crippen LogP contribution >= 0.6 is 0 Å². The van der Waals surface area contributed by atoms with Crippen molar-refractivity contribution >= 4 is 9.84 Å². The van der Waals surface area contributed by atoms with Crippen LogP contribution in [0, 0.1) is 31.1 Å². The predicted molar refractivity (Wildman–Crippen MR) is 79.9 cm³/mol. The van der Waals surface area contributed by atoms with Gasteiger partial charge in [-0.2, -0.15) is 5.26 Å². The fourth-order valence-corrected chi connectivity index (χ4v) is 5.23. The van der Waals surface area contributed by atoms with Crippen LogP contribution in [-0.4, -0.2) is 13.7 Å². The second-order valence-corrected chi connectivity index (χ2v) is 8.08. The summed E-state index contributed by atoms with van der Waals surface area (Å²) < 4.78 is 25.2. The molecule has 4 heteroatoms. The Balaban J connectivity index is 2.24. The van der Waals surface area contributed by atoms with Crippen LogP contribution in [0.15, 0.2) is 18.2 Å². The lowest BCUT2D eigenvalue weighted by molar-refractivity contribution is 0.418. The van der Waals surface area contributed by atoms with Crippen molar-refractivity contribution in [2.75, 3.05) is 0 Å². The van der Waals surface area contributed by atoms with E-state index in [0.29, 0.717) is 12.8 Å². The third kappa shape index (κ3) is 3.40. The Morgan fingerprint density at radius 3 is 2.35 bits per heavy atom. The first-order valence-electron chi connectivity index (χ1n) is 7.11. The van der Waals surface area contributed by atoms with Crippen molar-refractivity contribution in [1.29, 1.82) is 5.26 Å². The van der Waals surface area contributed by atoms with Crippen LogP contribution in [-0.2, 0) is 15.6 Å². The van der Waals surface area contributed by atoms with Gasteiger partial charge in [-0.05, 0) is 32.3 Å². The van der Waals surface area contributed by atoms with Crippen LogP contribution in [0.5, 0.6) is 0 Å². The second kappa shape index (κ2) is 5.97. The van der Waals surface area contributed by atoms with E-state index in [0.717, 1.165) is 29.5 Å². The van der Waals surface area contributed by atoms with Gasteiger partial charge in [0.1, 0.15) is 0 Å². The van der Waals surface area contributed by atoms with Gasteiger partial charge in [0.05, 0.1) is 23.0 Å². The molecule has 1 aliphatic rings. The minimum absolute atomic E-state index is 0.0539. The molecule has 0 heterocycles. The SMILES string of the molecule is Cc1cc(C)cc(CS(=O)(=O)C2CCCCC2C#N)c1. The van der Waals surface area contributed by atoms with Gasteiger partial charge in [0.25, 0.3) is 0 Å². The third-order valence-electron chi connectivity index (χ3n) is 3.98. The lowest BCUT2D eigenvalue weighted by Crippen LogP contribution is -2.33. The highest BCUT2D eigenvalue weighted by Crippen LogP contribution is 2.31. The molecule has 2 rings (SSSR count). The van der Waals surface area contributed by atoms with Gasteiger partial charge in [-0.1, -0.05) is 42.2 Å². The van der Waals surface area contributed by atoms with E-state index in [1.54, 1.807) is 0 Å². The molecule has 2 unspecified atom stereocenters. The van der Waals surface area contributed by atoms with Crippen molar-refractivity contribution in [3.63, 3.8) is 0 Å². The minimum atomic E-state index is -3.25. The maximum atomic E-state index is 12.6. The first kappa shape index (κ1) is 15.1. The van der Waals surface area contributed by atoms with Crippen LogP contribution in [0.4, 0.5) is 0 Å². The standard InChI is InChI=1S/C16H21NO2S/c1-12-7-13(2)9-14(8-12)11-20(18,19)16-6-4-3-5-15(16)10-17/h7-9,15-16H,3-6,11H2,1-2H3. The molecule has 108 valence electrons. The minimum Gasteiger partial charge on any atom is -0.228 e. The Kier molecular flexibility index (Phi) is 4.49. The summed E-state index contributed by atoms with van der Waals surface area (Å²) in [6, 6.07) is 8.08. The van der Waals surface area contributed by atoms with Crippen molar-refractivity contribution in [3.8, 4) is 6.07 Å². The van der Waals surface area contributed by atoms with Gasteiger partial charge in [0.2, 0.25) is 0 Å². The van der Waals surface area contributed by atoms with E-state index in [1.165, 1.54) is 0 Å². The van der Waals surface area contributed by atoms with Crippen molar-refractivity contribution < 1.29 is 8.42 Å². The predicted octanol–water partition coefficient (Wildman–Crippen LogP) is 3.30. The zero-order valence-electron chi connectivity index (χ0n) is 12.1. The average Bonchev–Trinajstić information content (AvgIpc) is 2.36. The van der Waals surface area contributed by atoms with Gasteiger partial charge in [-0.15, -0.1) is 0 Å². The molecular weight excluding hydrogens is 270 g/mol. The number of nitrogens with zero attached hydrogens (tertiary/aromatic N) is 1. The van der Waals surface area contributed by atoms with Gasteiger partial charge in [-0.3, -0.25) is 0 Å². The second-order valence-electron chi connectivity index (χ2n) is 5.86. The van der Waals surface area contributed by atoms with Crippen molar-refractivity contribution in [2.24, 2.45) is 5.92 Å². The van der Waals surface area contributed by atoms with Crippen molar-refractivity contribution in [2.45, 2.75) is 50.5 Å². The Bertz CT molecular complexity index is 608. The van der Waals surface area contributed by atoms with Crippen molar-refractivity contribution in [3.05, 3.63) is 34.9 Å². The smallest absolute Gasteiger partial charge is 0.158 e. The molecular formula is C16H21NO2S. The van der Waals surface area contributed by atoms with Crippen LogP contribution in [0.3, 0.4) is 0 Å². The number of hydrogen-bond donors (Lipinski definition) is 0. The summed E-state index contributed by atoms with van der Waals surface area (Å²) in [5, 5.41) is 8.68. The van der Waals surface area contributed by atoms with E-state index in [4.69, 9.17) is 5.26 Å². The summed E-state index contributed by atoms with van der Waals surface area (Å²) in [5.41, 5.74) is 3.00. The topological polar surface area (TPSA) is 57.9 Å². The molecule has 0 amide bonds. The molecule has 0 bridgehead atoms. The zero-order valence-corrected chi connectivity index (χ0v) is 12.9. The maximum absolute atomic E-state index is 12.6. The summed E-state index contributed by atoms with van der Waals surface area (Å²) in [5.74, 6) is -0.280. The Morgan fingerprint density at radius 1 is 1.15 bits per heavy atom. The van der Waals surface area contributed by atoms with E-state index in [2.05, 4.69) is 6.07 Å². The summed E-state index contributed by atoms with van der Waals surface area (Å²) in [4.78, 5) is 0. The maximum Gasteiger partial charge on any atom is 0.158 e. The molecule has 20 heavy (non-hydrogen) atoms. The number of hydrogen-bond acceptors (Lipinski definition) is 3. The lowest BCUT2D eigenvalue weighted by atomic mass is 9.90. The van der Waals surface area contributed by atoms with Gasteiger partial charge < -0.3 is 0 Å². The normalized spacial score (nSPS) is 23.2. The van der Waals surface area contributed by atoms with Crippen LogP contribution in [0.25, 0.3) is 0 Å². The summed E-state index contributed by atoms with van der Waals surface area (Å²) in [6.45, 7) is 3.95. The quantitative estimate of drug-likeness (QED) is 0.858. The zero-order chi connectivity index (χ0) is 14.8. The highest BCUT2D eigenvalue weighted by atomic mass is 32.2. The Morgan fingerprint density at radius 2 is 1.75 bits per heavy atom. The first-order valence-corrected chi connectivity index (χ1v) is 8.82. The first-order chi connectivity index (χ1) is 9.42. The molecule has 1 aliphatic carbocycles. The summed E-state index contributed by atoms with van der Waals surface area (Å²) >= 11 is 0. The Labute approximate surface area is 121 Å². The fourth-order valence-electron chi connectivity index (χ4n) is 3.17. The van der Waals surface area contributed by atoms with Crippen LogP contribution in [0.2, 0.25) is 0 Å². The van der Waals surface area contributed by atoms with Crippen LogP contribution < -0.4 is 0 Å². The van der Waals surface area contributed by atoms with E-state index >= 15 is 0 Å². The molecule has 0 aromatic heterocycles. The summed E-state index contributed by atoms with van der Waals surface area (Å²) in [7, 11) is -3.25. The molecule has 1 fully saturated rings. The number of benzene rings is 1. The number of sulfone groups is 1. The molecule has 0 N–H and O–H groups in total. The molecule has 3 nitrogen and oxygen atoms in total. The number of nitriles is 1. The van der Waals surface area contributed by atoms with E-state index in [-0.39, 0.29) is 11.7 Å². The monoisotopic (exact) mass is 291 g/mol. The highest BCUT2D eigenvalue weighted by molar-refractivity contribution is 7.91. The molecule has 0 radical (unpaired) electrons. The molecule has 2 atom stereocenters. The summed E-state index contributed by atoms with van der Waals surface area (Å²) in [6.07, 6.45) is 3.22. The molecule has 0 aliphatic heterocycles. The third-order valence-corrected chi connectivity index (χ3v) is 6.20. The van der Waals surface area contributed by atoms with E-state index in [1.807, 2.05) is 32.0 Å². The van der Waals surface area contributed by atoms with Crippen molar-refractivity contribution in [1.82, 2.24) is 0 Å². The fraction of sp³-hybridized carbons (Fsp3) is 0.562. The molecule has 1 aromatic rings. The average molecular weight is 291 g/mol. The lowest BCUT2D eigenvalue weighted by Gasteiger charge is -2.26. The number of aryl methyl sites for hydroxylation is 2.